The normalized spacial score (nSPS) is 37.9. The minimum absolute atomic E-state index is 0.00242. The monoisotopic (exact) mass is 351 g/mol. The van der Waals surface area contributed by atoms with Crippen molar-refractivity contribution in [1.29, 1.82) is 0 Å². The Morgan fingerprint density at radius 3 is 2.79 bits per heavy atom. The molecule has 2 fully saturated rings. The van der Waals surface area contributed by atoms with Crippen molar-refractivity contribution in [3.8, 4) is 0 Å². The van der Waals surface area contributed by atoms with Gasteiger partial charge in [0.25, 0.3) is 0 Å². The zero-order chi connectivity index (χ0) is 17.3. The number of ether oxygens (including phenoxy) is 2. The van der Waals surface area contributed by atoms with Crippen molar-refractivity contribution in [2.45, 2.75) is 57.6 Å². The van der Waals surface area contributed by atoms with Gasteiger partial charge in [0, 0.05) is 11.6 Å². The van der Waals surface area contributed by atoms with E-state index in [2.05, 4.69) is 21.5 Å². The molecule has 1 aliphatic heterocycles. The van der Waals surface area contributed by atoms with Crippen LogP contribution >= 0.6 is 11.6 Å². The molecule has 130 valence electrons. The van der Waals surface area contributed by atoms with Crippen LogP contribution in [0.4, 0.5) is 0 Å². The summed E-state index contributed by atoms with van der Waals surface area (Å²) >= 11 is 6.18. The molecular weight excluding hydrogens is 330 g/mol. The number of hydrogen-bond acceptors (Lipinski definition) is 5. The molecule has 6 nitrogen and oxygen atoms in total. The Balaban J connectivity index is 1.85. The van der Waals surface area contributed by atoms with Gasteiger partial charge < -0.3 is 19.1 Å². The SMILES string of the molecule is CC1(C)O[C@H]2[C@H](n3ccc4c(Cl)ncnc43)C[C@](C)(CO)[C@@]2(C)O1. The molecule has 3 heterocycles. The highest BCUT2D eigenvalue weighted by molar-refractivity contribution is 6.33. The van der Waals surface area contributed by atoms with Crippen LogP contribution in [0.25, 0.3) is 11.0 Å². The fourth-order valence-corrected chi connectivity index (χ4v) is 4.56. The maximum atomic E-state index is 10.1. The lowest BCUT2D eigenvalue weighted by Crippen LogP contribution is -2.48. The molecule has 2 aromatic heterocycles. The largest absolute Gasteiger partial charge is 0.396 e. The van der Waals surface area contributed by atoms with Crippen molar-refractivity contribution in [3.05, 3.63) is 23.7 Å². The van der Waals surface area contributed by atoms with E-state index in [1.165, 1.54) is 6.33 Å². The van der Waals surface area contributed by atoms with Crippen molar-refractivity contribution >= 4 is 22.6 Å². The number of hydrogen-bond donors (Lipinski definition) is 1. The van der Waals surface area contributed by atoms with E-state index in [1.807, 2.05) is 33.0 Å². The molecular formula is C17H22ClN3O3. The van der Waals surface area contributed by atoms with Gasteiger partial charge in [-0.15, -0.1) is 0 Å². The van der Waals surface area contributed by atoms with Crippen LogP contribution in [0.15, 0.2) is 18.6 Å². The lowest BCUT2D eigenvalue weighted by atomic mass is 9.77. The molecule has 4 atom stereocenters. The van der Waals surface area contributed by atoms with E-state index in [1.54, 1.807) is 0 Å². The molecule has 24 heavy (non-hydrogen) atoms. The third kappa shape index (κ3) is 2.00. The second-order valence-corrected chi connectivity index (χ2v) is 8.12. The highest BCUT2D eigenvalue weighted by Gasteiger charge is 2.67. The number of aliphatic hydroxyl groups excluding tert-OH is 1. The molecule has 0 aromatic carbocycles. The third-order valence-corrected chi connectivity index (χ3v) is 6.09. The van der Waals surface area contributed by atoms with Crippen LogP contribution in [0, 0.1) is 5.41 Å². The van der Waals surface area contributed by atoms with Crippen LogP contribution in [-0.2, 0) is 9.47 Å². The van der Waals surface area contributed by atoms with Crippen LogP contribution in [0.3, 0.4) is 0 Å². The van der Waals surface area contributed by atoms with Crippen molar-refractivity contribution in [3.63, 3.8) is 0 Å². The number of rotatable bonds is 2. The molecule has 1 N–H and O–H groups in total. The molecule has 2 aromatic rings. The van der Waals surface area contributed by atoms with Crippen LogP contribution in [0.2, 0.25) is 5.15 Å². The predicted octanol–water partition coefficient (Wildman–Crippen LogP) is 2.94. The summed E-state index contributed by atoms with van der Waals surface area (Å²) in [4.78, 5) is 8.44. The fourth-order valence-electron chi connectivity index (χ4n) is 4.37. The molecule has 4 rings (SSSR count). The van der Waals surface area contributed by atoms with Gasteiger partial charge in [-0.25, -0.2) is 9.97 Å². The number of aliphatic hydroxyl groups is 1. The summed E-state index contributed by atoms with van der Waals surface area (Å²) in [5.41, 5.74) is -0.217. The summed E-state index contributed by atoms with van der Waals surface area (Å²) in [7, 11) is 0. The van der Waals surface area contributed by atoms with Crippen LogP contribution in [0.5, 0.6) is 0 Å². The van der Waals surface area contributed by atoms with Gasteiger partial charge in [-0.05, 0) is 33.3 Å². The quantitative estimate of drug-likeness (QED) is 0.842. The van der Waals surface area contributed by atoms with Crippen molar-refractivity contribution < 1.29 is 14.6 Å². The van der Waals surface area contributed by atoms with Gasteiger partial charge in [-0.2, -0.15) is 0 Å². The minimum Gasteiger partial charge on any atom is -0.396 e. The Morgan fingerprint density at radius 1 is 1.33 bits per heavy atom. The van der Waals surface area contributed by atoms with E-state index in [0.29, 0.717) is 5.15 Å². The second-order valence-electron chi connectivity index (χ2n) is 7.76. The van der Waals surface area contributed by atoms with Crippen LogP contribution in [-0.4, -0.2) is 43.7 Å². The average Bonchev–Trinajstić information content (AvgIpc) is 3.10. The number of halogens is 1. The minimum atomic E-state index is -0.690. The van der Waals surface area contributed by atoms with Gasteiger partial charge in [0.05, 0.1) is 18.0 Å². The lowest BCUT2D eigenvalue weighted by Gasteiger charge is -2.38. The zero-order valence-corrected chi connectivity index (χ0v) is 15.0. The first-order valence-corrected chi connectivity index (χ1v) is 8.54. The number of aromatic nitrogens is 3. The molecule has 0 bridgehead atoms. The Labute approximate surface area is 145 Å². The highest BCUT2D eigenvalue weighted by Crippen LogP contribution is 2.60. The first kappa shape index (κ1) is 16.3. The van der Waals surface area contributed by atoms with Gasteiger partial charge in [0.2, 0.25) is 0 Å². The first-order valence-electron chi connectivity index (χ1n) is 8.17. The molecule has 2 aliphatic rings. The summed E-state index contributed by atoms with van der Waals surface area (Å²) in [5.74, 6) is -0.690. The van der Waals surface area contributed by atoms with E-state index in [-0.39, 0.29) is 18.8 Å². The molecule has 1 aliphatic carbocycles. The Hall–Kier alpha value is -1.21. The predicted molar refractivity (Wildman–Crippen MR) is 89.8 cm³/mol. The van der Waals surface area contributed by atoms with Gasteiger partial charge in [-0.3, -0.25) is 0 Å². The lowest BCUT2D eigenvalue weighted by molar-refractivity contribution is -0.193. The van der Waals surface area contributed by atoms with E-state index in [9.17, 15) is 5.11 Å². The van der Waals surface area contributed by atoms with Crippen LogP contribution < -0.4 is 0 Å². The Morgan fingerprint density at radius 2 is 2.08 bits per heavy atom. The van der Waals surface area contributed by atoms with Gasteiger partial charge >= 0.3 is 0 Å². The zero-order valence-electron chi connectivity index (χ0n) is 14.3. The van der Waals surface area contributed by atoms with E-state index in [4.69, 9.17) is 21.1 Å². The Kier molecular flexibility index (Phi) is 3.33. The van der Waals surface area contributed by atoms with Gasteiger partial charge in [0.1, 0.15) is 28.8 Å². The summed E-state index contributed by atoms with van der Waals surface area (Å²) in [6.45, 7) is 7.95. The number of fused-ring (bicyclic) bond motifs is 2. The molecule has 0 unspecified atom stereocenters. The molecule has 7 heteroatoms. The van der Waals surface area contributed by atoms with E-state index in [0.717, 1.165) is 17.5 Å². The third-order valence-electron chi connectivity index (χ3n) is 5.79. The second kappa shape index (κ2) is 4.91. The smallest absolute Gasteiger partial charge is 0.164 e. The highest BCUT2D eigenvalue weighted by atomic mass is 35.5. The van der Waals surface area contributed by atoms with Gasteiger partial charge in [-0.1, -0.05) is 18.5 Å². The summed E-state index contributed by atoms with van der Waals surface area (Å²) < 4.78 is 14.6. The topological polar surface area (TPSA) is 69.4 Å². The first-order chi connectivity index (χ1) is 11.2. The fraction of sp³-hybridized carbons (Fsp3) is 0.647. The molecule has 0 radical (unpaired) electrons. The van der Waals surface area contributed by atoms with Crippen LogP contribution in [0.1, 0.15) is 40.2 Å². The van der Waals surface area contributed by atoms with Crippen molar-refractivity contribution in [1.82, 2.24) is 14.5 Å². The summed E-state index contributed by atoms with van der Waals surface area (Å²) in [5, 5.41) is 11.3. The maximum Gasteiger partial charge on any atom is 0.164 e. The molecule has 0 amide bonds. The summed E-state index contributed by atoms with van der Waals surface area (Å²) in [6, 6.07) is 1.92. The number of nitrogens with zero attached hydrogens (tertiary/aromatic N) is 3. The van der Waals surface area contributed by atoms with Crippen molar-refractivity contribution in [2.24, 2.45) is 5.41 Å². The molecule has 0 spiro atoms. The Bertz CT molecular complexity index is 807. The summed E-state index contributed by atoms with van der Waals surface area (Å²) in [6.07, 6.45) is 3.98. The molecule has 1 saturated heterocycles. The standard InChI is InChI=1S/C17H22ClN3O3/c1-15(2)23-12-11(7-16(3,8-22)17(12,4)24-15)21-6-5-10-13(18)19-9-20-14(10)21/h5-6,9,11-12,22H,7-8H2,1-4H3/t11-,12+,16-,17+/m1/s1. The van der Waals surface area contributed by atoms with E-state index >= 15 is 0 Å². The average molecular weight is 352 g/mol. The maximum absolute atomic E-state index is 10.1. The molecule has 1 saturated carbocycles. The van der Waals surface area contributed by atoms with Crippen molar-refractivity contribution in [2.75, 3.05) is 6.61 Å². The van der Waals surface area contributed by atoms with Gasteiger partial charge in [0.15, 0.2) is 5.79 Å². The van der Waals surface area contributed by atoms with E-state index < -0.39 is 16.8 Å².